The molecule has 0 bridgehead atoms. The molecule has 0 aliphatic heterocycles. The zero-order valence-electron chi connectivity index (χ0n) is 22.1. The summed E-state index contributed by atoms with van der Waals surface area (Å²) in [5, 5.41) is 1.24. The first-order valence-electron chi connectivity index (χ1n) is 10.7. The fourth-order valence-electron chi connectivity index (χ4n) is 3.51. The van der Waals surface area contributed by atoms with E-state index < -0.39 is 0 Å². The van der Waals surface area contributed by atoms with Crippen LogP contribution >= 0.6 is 0 Å². The van der Waals surface area contributed by atoms with E-state index in [9.17, 15) is 0 Å². The molecule has 0 radical (unpaired) electrons. The minimum atomic E-state index is 0. The summed E-state index contributed by atoms with van der Waals surface area (Å²) in [5.41, 5.74) is 13.6. The number of fused-ring (bicyclic) bond motifs is 1. The Kier molecular flexibility index (Phi) is 28.5. The maximum atomic E-state index is 7.48. The Morgan fingerprint density at radius 3 is 2.09 bits per heavy atom. The van der Waals surface area contributed by atoms with Crippen molar-refractivity contribution in [3.05, 3.63) is 80.4 Å². The quantitative estimate of drug-likeness (QED) is 0.244. The van der Waals surface area contributed by atoms with Crippen LogP contribution < -0.4 is 0 Å². The Hall–Kier alpha value is -1.32. The zero-order chi connectivity index (χ0) is 21.1. The first-order chi connectivity index (χ1) is 13.4. The molecule has 1 aromatic heterocycles. The minimum absolute atomic E-state index is 0. The van der Waals surface area contributed by atoms with Gasteiger partial charge >= 0.3 is 0 Å². The van der Waals surface area contributed by atoms with E-state index in [1.165, 1.54) is 53.3 Å². The van der Waals surface area contributed by atoms with E-state index in [1.807, 2.05) is 24.4 Å². The molecular formula is C28H49N2O2Pt-3. The summed E-state index contributed by atoms with van der Waals surface area (Å²) in [5.74, 6) is 0.670. The van der Waals surface area contributed by atoms with Crippen LogP contribution in [-0.2, 0) is 21.1 Å². The number of allylic oxidation sites excluding steroid dienone is 3. The van der Waals surface area contributed by atoms with Crippen LogP contribution in [0.5, 0.6) is 0 Å². The Morgan fingerprint density at radius 2 is 1.64 bits per heavy atom. The molecule has 4 nitrogen and oxygen atoms in total. The molecule has 3 rings (SSSR count). The summed E-state index contributed by atoms with van der Waals surface area (Å²) in [6.07, 6.45) is 12.1. The third kappa shape index (κ3) is 13.2. The summed E-state index contributed by atoms with van der Waals surface area (Å²) < 4.78 is 0. The molecule has 1 aliphatic rings. The van der Waals surface area contributed by atoms with Gasteiger partial charge in [0.1, 0.15) is 0 Å². The molecule has 2 aromatic rings. The normalized spacial score (nSPS) is 16.3. The van der Waals surface area contributed by atoms with E-state index in [0.717, 1.165) is 11.9 Å². The van der Waals surface area contributed by atoms with Crippen LogP contribution in [0.2, 0.25) is 0 Å². The van der Waals surface area contributed by atoms with Gasteiger partial charge in [0.15, 0.2) is 0 Å². The van der Waals surface area contributed by atoms with Gasteiger partial charge in [0.25, 0.3) is 0 Å². The van der Waals surface area contributed by atoms with E-state index in [4.69, 9.17) is 5.73 Å². The summed E-state index contributed by atoms with van der Waals surface area (Å²) in [6.45, 7) is 16.5. The van der Waals surface area contributed by atoms with Gasteiger partial charge in [-0.3, -0.25) is 4.98 Å². The van der Waals surface area contributed by atoms with Gasteiger partial charge in [-0.15, -0.1) is 6.04 Å². The number of aryl methyl sites for hydroxylation is 2. The van der Waals surface area contributed by atoms with Crippen molar-refractivity contribution in [3.8, 4) is 0 Å². The fraction of sp³-hybridized carbons (Fsp3) is 0.464. The minimum Gasteiger partial charge on any atom is -0.674 e. The molecule has 1 saturated carbocycles. The molecule has 0 amide bonds. The molecule has 5 N–H and O–H groups in total. The van der Waals surface area contributed by atoms with Crippen LogP contribution in [0, 0.1) is 34.6 Å². The molecule has 5 heteroatoms. The van der Waals surface area contributed by atoms with Gasteiger partial charge in [-0.2, -0.15) is 0 Å². The number of hydrogen-bond donors (Lipinski definition) is 0. The second-order valence-corrected chi connectivity index (χ2v) is 7.92. The predicted molar refractivity (Wildman–Crippen MR) is 147 cm³/mol. The maximum Gasteiger partial charge on any atom is 0.0739 e. The topological polar surface area (TPSA) is 99.7 Å². The van der Waals surface area contributed by atoms with E-state index in [0.29, 0.717) is 5.92 Å². The summed E-state index contributed by atoms with van der Waals surface area (Å²) in [4.78, 5) is 4.49. The molecule has 33 heavy (non-hydrogen) atoms. The molecule has 1 aromatic carbocycles. The molecule has 196 valence electrons. The smallest absolute Gasteiger partial charge is 0.0739 e. The Morgan fingerprint density at radius 1 is 1.09 bits per heavy atom. The SMILES string of the molecule is C=C/C=C(/C)c1ccc2c(C)ccnc2c1C.CC1CCCCC1[NH-].CCC.O.O.[CH3-].[CH3-].[Pt]. The van der Waals surface area contributed by atoms with E-state index in [-0.39, 0.29) is 52.9 Å². The standard InChI is InChI=1S/C16H17N.C7H14N.C3H8.2CH3.2H2O.Pt/c1-5-6-11(2)14-7-8-15-12(3)9-10-17-16(15)13(14)4;1-6-4-2-3-5-7(6)8;1-3-2;;;;;/h5-10H,1H2,2-4H3;6-8H,2-5H2,1H3;3H2,1-2H3;2*1H3;2*1H2;/q;-1;;2*-1;;;/b11-6-;;;;;;;. The molecule has 1 aliphatic carbocycles. The van der Waals surface area contributed by atoms with Gasteiger partial charge in [0, 0.05) is 32.6 Å². The summed E-state index contributed by atoms with van der Waals surface area (Å²) in [6, 6.07) is 6.62. The van der Waals surface area contributed by atoms with Crippen LogP contribution in [0.25, 0.3) is 22.2 Å². The average Bonchev–Trinajstić information content (AvgIpc) is 2.66. The number of benzene rings is 1. The number of hydrogen-bond acceptors (Lipinski definition) is 1. The number of pyridine rings is 1. The van der Waals surface area contributed by atoms with E-state index >= 15 is 0 Å². The number of aromatic nitrogens is 1. The first-order valence-corrected chi connectivity index (χ1v) is 10.7. The van der Waals surface area contributed by atoms with Gasteiger partial charge in [-0.25, -0.2) is 0 Å². The van der Waals surface area contributed by atoms with E-state index in [2.05, 4.69) is 65.2 Å². The third-order valence-electron chi connectivity index (χ3n) is 5.29. The third-order valence-corrected chi connectivity index (χ3v) is 5.29. The first kappa shape index (κ1) is 41.9. The summed E-state index contributed by atoms with van der Waals surface area (Å²) >= 11 is 0. The summed E-state index contributed by atoms with van der Waals surface area (Å²) in [7, 11) is 0. The van der Waals surface area contributed by atoms with Crippen molar-refractivity contribution in [2.75, 3.05) is 0 Å². The van der Waals surface area contributed by atoms with Crippen LogP contribution in [0.15, 0.2) is 43.1 Å². The van der Waals surface area contributed by atoms with Crippen molar-refractivity contribution >= 4 is 16.5 Å². The second kappa shape index (κ2) is 22.5. The largest absolute Gasteiger partial charge is 0.674 e. The van der Waals surface area contributed by atoms with Crippen LogP contribution in [0.3, 0.4) is 0 Å². The molecule has 1 fully saturated rings. The van der Waals surface area contributed by atoms with E-state index in [1.54, 1.807) is 0 Å². The van der Waals surface area contributed by atoms with Gasteiger partial charge < -0.3 is 31.5 Å². The van der Waals surface area contributed by atoms with Crippen molar-refractivity contribution < 1.29 is 32.0 Å². The average molecular weight is 641 g/mol. The number of nitrogens with one attached hydrogen (secondary N) is 1. The Bertz CT molecular complexity index is 781. The van der Waals surface area contributed by atoms with Crippen molar-refractivity contribution in [2.45, 2.75) is 79.7 Å². The Balaban J connectivity index is -0.000000141. The molecule has 0 saturated heterocycles. The van der Waals surface area contributed by atoms with Crippen LogP contribution in [0.1, 0.15) is 76.5 Å². The molecule has 1 heterocycles. The maximum absolute atomic E-state index is 7.48. The van der Waals surface area contributed by atoms with Crippen molar-refractivity contribution in [1.29, 1.82) is 0 Å². The number of nitrogens with zero attached hydrogens (tertiary/aromatic N) is 1. The fourth-order valence-corrected chi connectivity index (χ4v) is 3.51. The van der Waals surface area contributed by atoms with Gasteiger partial charge in [0.05, 0.1) is 5.52 Å². The molecule has 2 atom stereocenters. The molecular weight excluding hydrogens is 591 g/mol. The van der Waals surface area contributed by atoms with Gasteiger partial charge in [-0.05, 0) is 49.1 Å². The van der Waals surface area contributed by atoms with Crippen molar-refractivity contribution in [3.63, 3.8) is 0 Å². The molecule has 0 spiro atoms. The Labute approximate surface area is 219 Å². The van der Waals surface area contributed by atoms with Gasteiger partial charge in [-0.1, -0.05) is 89.7 Å². The van der Waals surface area contributed by atoms with Crippen LogP contribution in [-0.4, -0.2) is 22.0 Å². The van der Waals surface area contributed by atoms with Crippen molar-refractivity contribution in [1.82, 2.24) is 4.98 Å². The molecule has 2 unspecified atom stereocenters. The van der Waals surface area contributed by atoms with Crippen molar-refractivity contribution in [2.24, 2.45) is 5.92 Å². The monoisotopic (exact) mass is 640 g/mol. The van der Waals surface area contributed by atoms with Gasteiger partial charge in [0.2, 0.25) is 0 Å². The zero-order valence-corrected chi connectivity index (χ0v) is 24.4. The second-order valence-electron chi connectivity index (χ2n) is 7.92. The predicted octanol–water partition coefficient (Wildman–Crippen LogP) is 7.72. The number of rotatable bonds is 2. The van der Waals surface area contributed by atoms with Crippen LogP contribution in [0.4, 0.5) is 0 Å².